The monoisotopic (exact) mass is 450 g/mol. The fourth-order valence-corrected chi connectivity index (χ4v) is 3.58. The van der Waals surface area contributed by atoms with Crippen LogP contribution in [0.4, 0.5) is 5.69 Å². The highest BCUT2D eigenvalue weighted by Crippen LogP contribution is 2.24. The van der Waals surface area contributed by atoms with Crippen LogP contribution in [0.25, 0.3) is 33.8 Å². The number of oxazole rings is 1. The van der Waals surface area contributed by atoms with E-state index in [0.717, 1.165) is 22.4 Å². The first-order valence-corrected chi connectivity index (χ1v) is 10.7. The minimum atomic E-state index is -0.275. The molecule has 6 nitrogen and oxygen atoms in total. The lowest BCUT2D eigenvalue weighted by Gasteiger charge is -2.10. The first-order valence-electron chi connectivity index (χ1n) is 10.3. The van der Waals surface area contributed by atoms with Crippen molar-refractivity contribution in [2.45, 2.75) is 0 Å². The Balaban J connectivity index is 1.21. The van der Waals surface area contributed by atoms with Crippen molar-refractivity contribution in [2.24, 2.45) is 0 Å². The van der Waals surface area contributed by atoms with E-state index in [-0.39, 0.29) is 11.0 Å². The van der Waals surface area contributed by atoms with Crippen LogP contribution in [-0.2, 0) is 0 Å². The topological polar surface area (TPSA) is 80.0 Å². The van der Waals surface area contributed by atoms with Crippen molar-refractivity contribution in [2.75, 3.05) is 5.32 Å². The molecule has 7 heteroatoms. The number of fused-ring (bicyclic) bond motifs is 1. The van der Waals surface area contributed by atoms with Gasteiger partial charge in [-0.25, -0.2) is 4.98 Å². The standard InChI is InChI=1S/C26H18N4O2S/c31-24(19-10-8-18(9-11-19)17-5-2-1-3-6-17)30-26(33)28-21-14-12-20(13-15-21)25-29-23-22(32-25)7-4-16-27-23/h1-16H,(H2,28,30,31,33). The number of rotatable bonds is 4. The van der Waals surface area contributed by atoms with Gasteiger partial charge in [0.2, 0.25) is 5.89 Å². The predicted octanol–water partition coefficient (Wildman–Crippen LogP) is 5.68. The van der Waals surface area contributed by atoms with Crippen LogP contribution in [0.5, 0.6) is 0 Å². The molecule has 2 heterocycles. The molecule has 5 aromatic rings. The molecule has 0 saturated carbocycles. The molecular formula is C26H18N4O2S. The van der Waals surface area contributed by atoms with Crippen LogP contribution in [-0.4, -0.2) is 21.0 Å². The number of nitrogens with zero attached hydrogens (tertiary/aromatic N) is 2. The highest BCUT2D eigenvalue weighted by atomic mass is 32.1. The van der Waals surface area contributed by atoms with Gasteiger partial charge in [-0.2, -0.15) is 4.98 Å². The molecule has 0 aliphatic carbocycles. The molecule has 2 N–H and O–H groups in total. The average Bonchev–Trinajstić information content (AvgIpc) is 3.29. The third kappa shape index (κ3) is 4.63. The van der Waals surface area contributed by atoms with Gasteiger partial charge in [-0.1, -0.05) is 42.5 Å². The lowest BCUT2D eigenvalue weighted by molar-refractivity contribution is 0.0977. The van der Waals surface area contributed by atoms with Gasteiger partial charge in [-0.3, -0.25) is 10.1 Å². The van der Waals surface area contributed by atoms with Gasteiger partial charge in [0.05, 0.1) is 0 Å². The number of carbonyl (C=O) groups excluding carboxylic acids is 1. The Labute approximate surface area is 195 Å². The Morgan fingerprint density at radius 3 is 2.21 bits per heavy atom. The number of nitrogens with one attached hydrogen (secondary N) is 2. The highest BCUT2D eigenvalue weighted by molar-refractivity contribution is 7.80. The van der Waals surface area contributed by atoms with Gasteiger partial charge in [0.25, 0.3) is 5.91 Å². The van der Waals surface area contributed by atoms with Crippen LogP contribution in [0.3, 0.4) is 0 Å². The number of aromatic nitrogens is 2. The predicted molar refractivity (Wildman–Crippen MR) is 133 cm³/mol. The van der Waals surface area contributed by atoms with Crippen molar-refractivity contribution in [3.8, 4) is 22.6 Å². The first-order chi connectivity index (χ1) is 16.2. The Hall–Kier alpha value is -4.36. The van der Waals surface area contributed by atoms with Gasteiger partial charge >= 0.3 is 0 Å². The molecule has 0 aliphatic heterocycles. The van der Waals surface area contributed by atoms with E-state index in [0.29, 0.717) is 22.7 Å². The lowest BCUT2D eigenvalue weighted by Crippen LogP contribution is -2.34. The van der Waals surface area contributed by atoms with Crippen molar-refractivity contribution >= 4 is 40.2 Å². The van der Waals surface area contributed by atoms with Crippen LogP contribution in [0.2, 0.25) is 0 Å². The van der Waals surface area contributed by atoms with E-state index in [1.807, 2.05) is 72.8 Å². The number of thiocarbonyl (C=S) groups is 1. The normalized spacial score (nSPS) is 10.7. The van der Waals surface area contributed by atoms with E-state index in [4.69, 9.17) is 16.6 Å². The SMILES string of the molecule is O=C(NC(=S)Nc1ccc(-c2nc3ncccc3o2)cc1)c1ccc(-c2ccccc2)cc1. The van der Waals surface area contributed by atoms with Crippen LogP contribution < -0.4 is 10.6 Å². The highest BCUT2D eigenvalue weighted by Gasteiger charge is 2.11. The van der Waals surface area contributed by atoms with Gasteiger partial charge in [-0.15, -0.1) is 0 Å². The summed E-state index contributed by atoms with van der Waals surface area (Å²) in [6.45, 7) is 0. The third-order valence-electron chi connectivity index (χ3n) is 5.04. The van der Waals surface area contributed by atoms with Crippen molar-refractivity contribution in [1.29, 1.82) is 0 Å². The molecule has 0 fully saturated rings. The summed E-state index contributed by atoms with van der Waals surface area (Å²) >= 11 is 5.30. The molecule has 0 aliphatic rings. The zero-order valence-corrected chi connectivity index (χ0v) is 18.2. The molecule has 0 spiro atoms. The molecule has 0 atom stereocenters. The van der Waals surface area contributed by atoms with E-state index in [1.54, 1.807) is 24.4 Å². The summed E-state index contributed by atoms with van der Waals surface area (Å²) in [6.07, 6.45) is 1.68. The molecule has 1 amide bonds. The van der Waals surface area contributed by atoms with Gasteiger partial charge in [0.1, 0.15) is 0 Å². The zero-order valence-electron chi connectivity index (χ0n) is 17.4. The second-order valence-corrected chi connectivity index (χ2v) is 7.68. The fraction of sp³-hybridized carbons (Fsp3) is 0. The first kappa shape index (κ1) is 20.5. The molecule has 33 heavy (non-hydrogen) atoms. The summed E-state index contributed by atoms with van der Waals surface area (Å²) < 4.78 is 5.74. The lowest BCUT2D eigenvalue weighted by atomic mass is 10.0. The Morgan fingerprint density at radius 2 is 1.48 bits per heavy atom. The molecular weight excluding hydrogens is 432 g/mol. The minimum Gasteiger partial charge on any atom is -0.434 e. The van der Waals surface area contributed by atoms with Crippen LogP contribution >= 0.6 is 12.2 Å². The number of pyridine rings is 1. The molecule has 0 radical (unpaired) electrons. The molecule has 5 rings (SSSR count). The number of anilines is 1. The van der Waals surface area contributed by atoms with Crippen LogP contribution in [0, 0.1) is 0 Å². The Bertz CT molecular complexity index is 1400. The maximum atomic E-state index is 12.6. The van der Waals surface area contributed by atoms with E-state index < -0.39 is 0 Å². The van der Waals surface area contributed by atoms with Gasteiger partial charge in [0, 0.05) is 23.0 Å². The van der Waals surface area contributed by atoms with Crippen molar-refractivity contribution in [1.82, 2.24) is 15.3 Å². The molecule has 3 aromatic carbocycles. The van der Waals surface area contributed by atoms with E-state index in [2.05, 4.69) is 20.6 Å². The summed E-state index contributed by atoms with van der Waals surface area (Å²) in [6, 6.07) is 28.4. The van der Waals surface area contributed by atoms with Crippen LogP contribution in [0.1, 0.15) is 10.4 Å². The summed E-state index contributed by atoms with van der Waals surface area (Å²) in [5.74, 6) is 0.216. The summed E-state index contributed by atoms with van der Waals surface area (Å²) in [7, 11) is 0. The van der Waals surface area contributed by atoms with Crippen LogP contribution in [0.15, 0.2) is 102 Å². The summed E-state index contributed by atoms with van der Waals surface area (Å²) in [4.78, 5) is 21.1. The van der Waals surface area contributed by atoms with Crippen molar-refractivity contribution in [3.05, 3.63) is 103 Å². The van der Waals surface area contributed by atoms with Gasteiger partial charge in [0.15, 0.2) is 16.3 Å². The number of hydrogen-bond acceptors (Lipinski definition) is 5. The molecule has 0 unspecified atom stereocenters. The quantitative estimate of drug-likeness (QED) is 0.343. The Kier molecular flexibility index (Phi) is 5.61. The molecule has 0 saturated heterocycles. The van der Waals surface area contributed by atoms with Crippen molar-refractivity contribution < 1.29 is 9.21 Å². The third-order valence-corrected chi connectivity index (χ3v) is 5.24. The number of amides is 1. The molecule has 160 valence electrons. The average molecular weight is 451 g/mol. The Morgan fingerprint density at radius 1 is 0.788 bits per heavy atom. The van der Waals surface area contributed by atoms with Gasteiger partial charge < -0.3 is 9.73 Å². The number of hydrogen-bond donors (Lipinski definition) is 2. The van der Waals surface area contributed by atoms with Gasteiger partial charge in [-0.05, 0) is 71.9 Å². The summed E-state index contributed by atoms with van der Waals surface area (Å²) in [5.41, 5.74) is 5.41. The zero-order chi connectivity index (χ0) is 22.6. The maximum Gasteiger partial charge on any atom is 0.257 e. The second kappa shape index (κ2) is 9.02. The smallest absolute Gasteiger partial charge is 0.257 e. The van der Waals surface area contributed by atoms with E-state index in [1.165, 1.54) is 0 Å². The number of benzene rings is 3. The number of carbonyl (C=O) groups is 1. The maximum absolute atomic E-state index is 12.6. The molecule has 0 bridgehead atoms. The molecule has 2 aromatic heterocycles. The largest absolute Gasteiger partial charge is 0.434 e. The van der Waals surface area contributed by atoms with E-state index in [9.17, 15) is 4.79 Å². The minimum absolute atomic E-state index is 0.214. The second-order valence-electron chi connectivity index (χ2n) is 7.27. The summed E-state index contributed by atoms with van der Waals surface area (Å²) in [5, 5.41) is 5.95. The van der Waals surface area contributed by atoms with E-state index >= 15 is 0 Å². The fourth-order valence-electron chi connectivity index (χ4n) is 3.37. The van der Waals surface area contributed by atoms with Crippen molar-refractivity contribution in [3.63, 3.8) is 0 Å².